The van der Waals surface area contributed by atoms with Gasteiger partial charge in [0.15, 0.2) is 28.0 Å². The summed E-state index contributed by atoms with van der Waals surface area (Å²) in [6, 6.07) is 54.0. The first-order chi connectivity index (χ1) is 59.1. The van der Waals surface area contributed by atoms with Gasteiger partial charge in [0.05, 0.1) is 28.4 Å². The summed E-state index contributed by atoms with van der Waals surface area (Å²) in [6.45, 7) is 15.3. The van der Waals surface area contributed by atoms with Crippen LogP contribution in [0.2, 0.25) is 15.1 Å². The minimum Gasteiger partial charge on any atom is -0.374 e. The molecule has 10 aliphatic heterocycles. The predicted molar refractivity (Wildman–Crippen MR) is 485 cm³/mol. The van der Waals surface area contributed by atoms with Gasteiger partial charge in [0, 0.05) is 146 Å². The molecule has 12 heterocycles. The number of rotatable bonds is 5. The van der Waals surface area contributed by atoms with Crippen molar-refractivity contribution in [3.63, 3.8) is 0 Å². The molecule has 0 spiro atoms. The molecule has 124 heavy (non-hydrogen) atoms. The molecule has 12 aromatic rings. The van der Waals surface area contributed by atoms with Crippen molar-refractivity contribution in [2.24, 2.45) is 25.0 Å². The van der Waals surface area contributed by atoms with Crippen molar-refractivity contribution < 1.29 is 62.7 Å². The van der Waals surface area contributed by atoms with Crippen LogP contribution in [-0.4, -0.2) is 144 Å². The summed E-state index contributed by atoms with van der Waals surface area (Å²) >= 11 is 21.6. The van der Waals surface area contributed by atoms with Crippen molar-refractivity contribution in [1.82, 2.24) is 0 Å². The lowest BCUT2D eigenvalue weighted by Gasteiger charge is -2.30. The lowest BCUT2D eigenvalue weighted by Crippen LogP contribution is -2.48. The maximum Gasteiger partial charge on any atom is 0.204 e. The topological polar surface area (TPSA) is 264 Å². The van der Waals surface area contributed by atoms with E-state index in [0.29, 0.717) is 140 Å². The molecule has 5 saturated heterocycles. The summed E-state index contributed by atoms with van der Waals surface area (Å²) in [7, 11) is 0. The molecule has 5 atom stereocenters. The number of aliphatic hydroxyl groups is 5. The molecular weight excluding hydrogens is 1680 g/mol. The zero-order valence-electron chi connectivity index (χ0n) is 67.9. The highest BCUT2D eigenvalue weighted by molar-refractivity contribution is 7.17. The quantitative estimate of drug-likeness (QED) is 0.107. The van der Waals surface area contributed by atoms with E-state index in [1.54, 1.807) is 103 Å². The zero-order chi connectivity index (χ0) is 87.3. The highest BCUT2D eigenvalue weighted by atomic mass is 35.5. The summed E-state index contributed by atoms with van der Waals surface area (Å²) in [4.78, 5) is 96.5. The van der Waals surface area contributed by atoms with Gasteiger partial charge in [0.1, 0.15) is 46.6 Å². The predicted octanol–water partition coefficient (Wildman–Crippen LogP) is 19.7. The van der Waals surface area contributed by atoms with Crippen LogP contribution >= 0.6 is 57.5 Å². The van der Waals surface area contributed by atoms with Gasteiger partial charge >= 0.3 is 0 Å². The SMILES string of the molecule is Cc1cc2c(cc1F)C(=O)[C@]1(O)CCN(c3ccc(C)c(Cl)c3)C1=N2.Cc1ccc(N2CC[C@@]3(O)C(=O)c4cc(F)c(C)cc4N=C23)cc1C.Cc1cccc(N2CC[C@@]3(O)C(=O)c4cc(F)c(C)cc4N=C23)c1.O=C1c2cc(Cl)ccc2N=C2N(c3ccc4ccsc4c3)CC[C@@]12O.O=C1c2cc(Cl)ccc2N=C2N(c3ccc4sccc4c3)CC[C@@]12O. The van der Waals surface area contributed by atoms with Gasteiger partial charge in [0.2, 0.25) is 28.9 Å². The fourth-order valence-electron chi connectivity index (χ4n) is 17.4. The Morgan fingerprint density at radius 2 is 0.661 bits per heavy atom. The number of Topliss-reactive ketones (excluding diaryl/α,β-unsaturated/α-hetero) is 5. The van der Waals surface area contributed by atoms with Crippen molar-refractivity contribution in [2.45, 2.75) is 109 Å². The van der Waals surface area contributed by atoms with Gasteiger partial charge in [-0.05, 0) is 261 Å². The molecule has 0 radical (unpaired) electrons. The average molecular weight is 1760 g/mol. The molecule has 0 aliphatic carbocycles. The Hall–Kier alpha value is -11.7. The van der Waals surface area contributed by atoms with Crippen molar-refractivity contribution in [1.29, 1.82) is 0 Å². The van der Waals surface area contributed by atoms with Crippen LogP contribution in [0.4, 0.5) is 70.0 Å². The van der Waals surface area contributed by atoms with E-state index in [0.717, 1.165) is 56.6 Å². The number of fused-ring (bicyclic) bond motifs is 12. The van der Waals surface area contributed by atoms with Crippen LogP contribution in [-0.2, 0) is 0 Å². The van der Waals surface area contributed by atoms with Crippen molar-refractivity contribution in [3.8, 4) is 0 Å². The third-order valence-corrected chi connectivity index (χ3v) is 27.3. The zero-order valence-corrected chi connectivity index (χ0v) is 71.8. The number of amidine groups is 5. The summed E-state index contributed by atoms with van der Waals surface area (Å²) in [6.07, 6.45) is 1.32. The van der Waals surface area contributed by atoms with Gasteiger partial charge in [-0.2, -0.15) is 0 Å². The van der Waals surface area contributed by atoms with E-state index in [2.05, 4.69) is 72.1 Å². The summed E-state index contributed by atoms with van der Waals surface area (Å²) in [5.41, 5.74) is 5.27. The van der Waals surface area contributed by atoms with Gasteiger partial charge in [-0.1, -0.05) is 65.1 Å². The second-order valence-corrected chi connectivity index (χ2v) is 35.8. The molecule has 0 unspecified atom stereocenters. The highest BCUT2D eigenvalue weighted by Gasteiger charge is 2.58. The normalized spacial score (nSPS) is 22.0. The van der Waals surface area contributed by atoms with Gasteiger partial charge in [-0.15, -0.1) is 22.7 Å². The number of ketones is 5. The minimum absolute atomic E-state index is 0.123. The number of anilines is 5. The Balaban J connectivity index is 0.000000105. The van der Waals surface area contributed by atoms with Crippen LogP contribution in [0.25, 0.3) is 20.2 Å². The third kappa shape index (κ3) is 14.0. The van der Waals surface area contributed by atoms with E-state index < -0.39 is 62.8 Å². The molecule has 626 valence electrons. The van der Waals surface area contributed by atoms with E-state index >= 15 is 0 Å². The van der Waals surface area contributed by atoms with E-state index in [1.165, 1.54) is 38.5 Å². The monoisotopic (exact) mass is 1760 g/mol. The first-order valence-electron chi connectivity index (χ1n) is 40.2. The van der Waals surface area contributed by atoms with Gasteiger partial charge < -0.3 is 50.0 Å². The average Bonchev–Trinajstić information content (AvgIpc) is 1.72. The lowest BCUT2D eigenvalue weighted by molar-refractivity contribution is 0.0599. The fraction of sp³-hybridized carbons (Fsp3) is 0.229. The van der Waals surface area contributed by atoms with Gasteiger partial charge in [-0.25, -0.2) is 38.1 Å². The number of nitrogens with zero attached hydrogens (tertiary/aromatic N) is 10. The van der Waals surface area contributed by atoms with Crippen molar-refractivity contribution in [3.05, 3.63) is 292 Å². The second-order valence-electron chi connectivity index (χ2n) is 32.6. The van der Waals surface area contributed by atoms with E-state index in [4.69, 9.17) is 34.8 Å². The number of hydrogen-bond acceptors (Lipinski definition) is 22. The van der Waals surface area contributed by atoms with Crippen LogP contribution in [0.5, 0.6) is 0 Å². The molecule has 10 aromatic carbocycles. The Kier molecular flexibility index (Phi) is 20.9. The van der Waals surface area contributed by atoms with Crippen molar-refractivity contribution in [2.75, 3.05) is 57.2 Å². The number of hydrogen-bond donors (Lipinski definition) is 5. The standard InChI is InChI=1S/C20H19FN2O2.C19H16ClFN2O2.2C19H13ClN2O2S.C19H17FN2O2/c1-11-4-5-14(8-12(11)2)23-7-6-20(25)18(24)15-10-16(21)13(3)9-17(15)22-19(20)23;1-10-3-4-12(8-14(10)20)23-6-5-19(25)17(24)13-9-15(21)11(2)7-16(13)22-18(19)23;20-12-1-3-15-14(10-12)17(23)19(24)6-7-22(18(19)21-15)13-2-4-16-11(9-13)5-8-25-16;20-12-2-4-15-14(9-12)17(23)19(24)6-7-22(18(19)21-15)13-3-1-11-5-8-25-16(11)10-13;1-11-4-3-5-13(8-11)22-7-6-19(24)17(23)14-10-15(20)12(2)9-16(14)21-18(19)22/h4-5,8-10,25H,6-7H2,1-3H3;3-4,7-9,25H,5-6H2,1-2H3;2*1-5,8-10,24H,6-7H2;3-5,8-10,24H,6-7H2,1-2H3/t20-;4*19-/m11111/s1. The van der Waals surface area contributed by atoms with Crippen molar-refractivity contribution >= 4 is 193 Å². The Morgan fingerprint density at radius 1 is 0.315 bits per heavy atom. The third-order valence-electron chi connectivity index (χ3n) is 24.7. The Labute approximate surface area is 733 Å². The maximum absolute atomic E-state index is 13.9. The molecule has 0 saturated carbocycles. The van der Waals surface area contributed by atoms with Crippen LogP contribution in [0, 0.1) is 65.9 Å². The van der Waals surface area contributed by atoms with Gasteiger partial charge in [0.25, 0.3) is 0 Å². The lowest BCUT2D eigenvalue weighted by atomic mass is 9.87. The molecule has 5 N–H and O–H groups in total. The molecule has 10 aliphatic rings. The summed E-state index contributed by atoms with van der Waals surface area (Å²) in [5, 5.41) is 63.0. The number of carbonyl (C=O) groups is 5. The maximum atomic E-state index is 13.9. The molecular formula is C96H78Cl3F3N10O10S2. The largest absolute Gasteiger partial charge is 0.374 e. The number of aliphatic imine (C=N–C) groups is 5. The summed E-state index contributed by atoms with van der Waals surface area (Å²) < 4.78 is 44.0. The Morgan fingerprint density at radius 3 is 1.07 bits per heavy atom. The fourth-order valence-corrected chi connectivity index (χ4v) is 19.5. The van der Waals surface area contributed by atoms with Crippen LogP contribution in [0.15, 0.2) is 218 Å². The molecule has 5 fully saturated rings. The van der Waals surface area contributed by atoms with E-state index in [-0.39, 0.29) is 53.4 Å². The van der Waals surface area contributed by atoms with E-state index in [1.807, 2.05) is 114 Å². The smallest absolute Gasteiger partial charge is 0.204 e. The number of halogens is 6. The molecule has 2 aromatic heterocycles. The second kappa shape index (κ2) is 31.2. The first kappa shape index (κ1) is 83.2. The van der Waals surface area contributed by atoms with Crippen LogP contribution in [0.3, 0.4) is 0 Å². The molecule has 0 amide bonds. The molecule has 28 heteroatoms. The summed E-state index contributed by atoms with van der Waals surface area (Å²) in [5.74, 6) is -1.76. The number of aryl methyl sites for hydroxylation is 7. The van der Waals surface area contributed by atoms with Crippen LogP contribution in [0.1, 0.15) is 123 Å². The number of carbonyl (C=O) groups excluding carboxylic acids is 5. The number of thiophene rings is 2. The van der Waals surface area contributed by atoms with E-state index in [9.17, 15) is 62.7 Å². The molecule has 0 bridgehead atoms. The molecule has 20 nitrogen and oxygen atoms in total. The highest BCUT2D eigenvalue weighted by Crippen LogP contribution is 2.48. The first-order valence-corrected chi connectivity index (χ1v) is 43.1. The number of benzene rings is 10. The molecule has 22 rings (SSSR count). The van der Waals surface area contributed by atoms with Crippen LogP contribution < -0.4 is 24.5 Å². The van der Waals surface area contributed by atoms with Gasteiger partial charge in [-0.3, -0.25) is 24.0 Å². The minimum atomic E-state index is -1.73. The Bertz CT molecular complexity index is 6500.